The molecule has 2 unspecified atom stereocenters. The Bertz CT molecular complexity index is 785. The summed E-state index contributed by atoms with van der Waals surface area (Å²) in [6.07, 6.45) is 1.81. The van der Waals surface area contributed by atoms with Crippen molar-refractivity contribution >= 4 is 21.8 Å². The Morgan fingerprint density at radius 1 is 1.40 bits per heavy atom. The largest absolute Gasteiger partial charge is 0.337 e. The zero-order chi connectivity index (χ0) is 18.0. The number of carbonyl (C=O) groups excluding carboxylic acids is 1. The first-order valence-corrected chi connectivity index (χ1v) is 10.1. The van der Waals surface area contributed by atoms with Crippen LogP contribution in [-0.4, -0.2) is 56.8 Å². The van der Waals surface area contributed by atoms with Gasteiger partial charge in [0.15, 0.2) is 0 Å². The lowest BCUT2D eigenvalue weighted by Gasteiger charge is -2.29. The third-order valence-corrected chi connectivity index (χ3v) is 5.96. The van der Waals surface area contributed by atoms with Crippen molar-refractivity contribution in [2.75, 3.05) is 19.6 Å². The van der Waals surface area contributed by atoms with Crippen LogP contribution in [0.4, 0.5) is 0 Å². The number of nitrogens with one attached hydrogen (secondary N) is 2. The van der Waals surface area contributed by atoms with Crippen LogP contribution >= 0.6 is 0 Å². The van der Waals surface area contributed by atoms with Crippen molar-refractivity contribution in [3.05, 3.63) is 29.8 Å². The molecule has 2 heterocycles. The Morgan fingerprint density at radius 2 is 2.16 bits per heavy atom. The van der Waals surface area contributed by atoms with E-state index in [1.807, 2.05) is 11.8 Å². The maximum atomic E-state index is 12.9. The highest BCUT2D eigenvalue weighted by molar-refractivity contribution is 7.90. The van der Waals surface area contributed by atoms with E-state index in [1.54, 1.807) is 31.2 Å². The van der Waals surface area contributed by atoms with Gasteiger partial charge in [0, 0.05) is 24.7 Å². The summed E-state index contributed by atoms with van der Waals surface area (Å²) in [5, 5.41) is 3.28. The van der Waals surface area contributed by atoms with Crippen LogP contribution in [0.1, 0.15) is 32.3 Å². The van der Waals surface area contributed by atoms with Crippen molar-refractivity contribution in [1.82, 2.24) is 14.9 Å². The lowest BCUT2D eigenvalue weighted by atomic mass is 10.1. The standard InChI is InChI=1S/C17H24N4O3S/c1-3-10-21(13-8-9-18-11-13)17(22)12(2)19-16-14-6-4-5-7-15(14)25(23,24)20-16/h4-7,12-13,18H,3,8-11H2,1-2H3,(H,19,20). The highest BCUT2D eigenvalue weighted by Gasteiger charge is 2.33. The molecular formula is C17H24N4O3S. The number of aliphatic imine (C=N–C) groups is 1. The summed E-state index contributed by atoms with van der Waals surface area (Å²) in [5.41, 5.74) is 0.520. The summed E-state index contributed by atoms with van der Waals surface area (Å²) < 4.78 is 26.8. The molecule has 2 aliphatic heterocycles. The second-order valence-corrected chi connectivity index (χ2v) is 8.08. The number of hydrogen-bond donors (Lipinski definition) is 2. The average Bonchev–Trinajstić information content (AvgIpc) is 3.20. The van der Waals surface area contributed by atoms with E-state index in [-0.39, 0.29) is 22.7 Å². The van der Waals surface area contributed by atoms with Crippen molar-refractivity contribution in [1.29, 1.82) is 0 Å². The Labute approximate surface area is 148 Å². The fourth-order valence-electron chi connectivity index (χ4n) is 3.34. The minimum absolute atomic E-state index is 0.0633. The van der Waals surface area contributed by atoms with E-state index in [0.717, 1.165) is 25.9 Å². The molecule has 3 rings (SSSR count). The van der Waals surface area contributed by atoms with Crippen LogP contribution in [0, 0.1) is 0 Å². The second kappa shape index (κ2) is 7.13. The Balaban J connectivity index is 1.84. The molecule has 7 nitrogen and oxygen atoms in total. The van der Waals surface area contributed by atoms with Gasteiger partial charge in [-0.2, -0.15) is 0 Å². The van der Waals surface area contributed by atoms with E-state index in [4.69, 9.17) is 0 Å². The zero-order valence-corrected chi connectivity index (χ0v) is 15.3. The van der Waals surface area contributed by atoms with E-state index in [0.29, 0.717) is 12.1 Å². The molecule has 0 saturated carbocycles. The molecule has 1 saturated heterocycles. The zero-order valence-electron chi connectivity index (χ0n) is 14.5. The van der Waals surface area contributed by atoms with Crippen molar-refractivity contribution in [3.8, 4) is 0 Å². The van der Waals surface area contributed by atoms with Gasteiger partial charge in [0.25, 0.3) is 10.0 Å². The van der Waals surface area contributed by atoms with Crippen LogP contribution in [0.5, 0.6) is 0 Å². The summed E-state index contributed by atoms with van der Waals surface area (Å²) in [6, 6.07) is 6.22. The Morgan fingerprint density at radius 3 is 2.84 bits per heavy atom. The molecule has 1 amide bonds. The summed E-state index contributed by atoms with van der Waals surface area (Å²) in [7, 11) is -3.59. The summed E-state index contributed by atoms with van der Waals surface area (Å²) >= 11 is 0. The monoisotopic (exact) mass is 364 g/mol. The van der Waals surface area contributed by atoms with E-state index < -0.39 is 16.1 Å². The number of sulfonamides is 1. The molecule has 1 fully saturated rings. The minimum atomic E-state index is -3.59. The number of rotatable bonds is 5. The average molecular weight is 364 g/mol. The molecule has 0 spiro atoms. The number of hydrogen-bond acceptors (Lipinski definition) is 5. The van der Waals surface area contributed by atoms with Gasteiger partial charge in [0.2, 0.25) is 5.91 Å². The predicted molar refractivity (Wildman–Crippen MR) is 96.0 cm³/mol. The molecule has 1 aromatic rings. The van der Waals surface area contributed by atoms with E-state index in [1.165, 1.54) is 0 Å². The fourth-order valence-corrected chi connectivity index (χ4v) is 4.58. The van der Waals surface area contributed by atoms with Gasteiger partial charge < -0.3 is 10.2 Å². The lowest BCUT2D eigenvalue weighted by Crippen LogP contribution is -2.46. The molecule has 2 atom stereocenters. The van der Waals surface area contributed by atoms with Crippen molar-refractivity contribution < 1.29 is 13.2 Å². The smallest absolute Gasteiger partial charge is 0.263 e. The highest BCUT2D eigenvalue weighted by atomic mass is 32.2. The number of carbonyl (C=O) groups is 1. The SMILES string of the molecule is CCCN(C(=O)C(C)N=C1NS(=O)(=O)c2ccccc21)C1CCNC1. The number of amidine groups is 1. The van der Waals surface area contributed by atoms with Gasteiger partial charge in [-0.05, 0) is 38.4 Å². The molecule has 2 aliphatic rings. The van der Waals surface area contributed by atoms with Crippen LogP contribution < -0.4 is 10.0 Å². The predicted octanol–water partition coefficient (Wildman–Crippen LogP) is 0.714. The van der Waals surface area contributed by atoms with Crippen LogP contribution in [0.15, 0.2) is 34.2 Å². The van der Waals surface area contributed by atoms with Gasteiger partial charge >= 0.3 is 0 Å². The highest BCUT2D eigenvalue weighted by Crippen LogP contribution is 2.23. The molecule has 25 heavy (non-hydrogen) atoms. The van der Waals surface area contributed by atoms with E-state index in [2.05, 4.69) is 15.0 Å². The third-order valence-electron chi connectivity index (χ3n) is 4.57. The van der Waals surface area contributed by atoms with Gasteiger partial charge in [-0.1, -0.05) is 19.1 Å². The third kappa shape index (κ3) is 3.55. The maximum absolute atomic E-state index is 12.9. The quantitative estimate of drug-likeness (QED) is 0.805. The summed E-state index contributed by atoms with van der Waals surface area (Å²) in [4.78, 5) is 19.4. The Hall–Kier alpha value is -1.93. The van der Waals surface area contributed by atoms with Gasteiger partial charge in [-0.3, -0.25) is 14.5 Å². The van der Waals surface area contributed by atoms with Gasteiger partial charge in [-0.25, -0.2) is 8.42 Å². The topological polar surface area (TPSA) is 90.9 Å². The summed E-state index contributed by atoms with van der Waals surface area (Å²) in [6.45, 7) is 6.15. The number of amides is 1. The molecule has 0 bridgehead atoms. The number of benzene rings is 1. The molecule has 8 heteroatoms. The van der Waals surface area contributed by atoms with Crippen LogP contribution in [0.25, 0.3) is 0 Å². The minimum Gasteiger partial charge on any atom is -0.337 e. The van der Waals surface area contributed by atoms with E-state index in [9.17, 15) is 13.2 Å². The van der Waals surface area contributed by atoms with E-state index >= 15 is 0 Å². The molecule has 0 radical (unpaired) electrons. The summed E-state index contributed by atoms with van der Waals surface area (Å²) in [5.74, 6) is 0.184. The number of fused-ring (bicyclic) bond motifs is 1. The first-order valence-electron chi connectivity index (χ1n) is 8.65. The first kappa shape index (κ1) is 17.9. The van der Waals surface area contributed by atoms with Crippen molar-refractivity contribution in [3.63, 3.8) is 0 Å². The first-order chi connectivity index (χ1) is 11.9. The number of nitrogens with zero attached hydrogens (tertiary/aromatic N) is 2. The van der Waals surface area contributed by atoms with Crippen molar-refractivity contribution in [2.24, 2.45) is 4.99 Å². The Kier molecular flexibility index (Phi) is 5.10. The van der Waals surface area contributed by atoms with Crippen molar-refractivity contribution in [2.45, 2.75) is 43.7 Å². The van der Waals surface area contributed by atoms with Crippen LogP contribution in [0.2, 0.25) is 0 Å². The molecule has 0 aliphatic carbocycles. The molecule has 2 N–H and O–H groups in total. The van der Waals surface area contributed by atoms with Gasteiger partial charge in [0.1, 0.15) is 11.9 Å². The fraction of sp³-hybridized carbons (Fsp3) is 0.529. The second-order valence-electron chi connectivity index (χ2n) is 6.43. The molecule has 136 valence electrons. The van der Waals surface area contributed by atoms with Gasteiger partial charge in [0.05, 0.1) is 4.90 Å². The van der Waals surface area contributed by atoms with Gasteiger partial charge in [-0.15, -0.1) is 0 Å². The van der Waals surface area contributed by atoms with Crippen LogP contribution in [-0.2, 0) is 14.8 Å². The normalized spacial score (nSPS) is 23.9. The lowest BCUT2D eigenvalue weighted by molar-refractivity contribution is -0.134. The maximum Gasteiger partial charge on any atom is 0.263 e. The molecule has 1 aromatic carbocycles. The molecular weight excluding hydrogens is 340 g/mol. The van der Waals surface area contributed by atoms with Crippen LogP contribution in [0.3, 0.4) is 0 Å². The molecule has 0 aromatic heterocycles.